The Morgan fingerprint density at radius 2 is 2.31 bits per heavy atom. The van der Waals surface area contributed by atoms with Crippen molar-refractivity contribution in [2.24, 2.45) is 5.73 Å². The number of carboxylic acid groups (broad SMARTS) is 1. The minimum atomic E-state index is -1.10. The number of benzene rings is 1. The van der Waals surface area contributed by atoms with Crippen molar-refractivity contribution in [3.63, 3.8) is 0 Å². The van der Waals surface area contributed by atoms with Crippen molar-refractivity contribution in [3.8, 4) is 5.75 Å². The third-order valence-electron chi connectivity index (χ3n) is 2.37. The highest BCUT2D eigenvalue weighted by atomic mass is 16.5. The summed E-state index contributed by atoms with van der Waals surface area (Å²) in [6.45, 7) is 0.326. The lowest BCUT2D eigenvalue weighted by atomic mass is 10.1. The quantitative estimate of drug-likeness (QED) is 0.822. The maximum absolute atomic E-state index is 10.8. The second-order valence-electron chi connectivity index (χ2n) is 3.29. The van der Waals surface area contributed by atoms with Crippen molar-refractivity contribution < 1.29 is 19.1 Å². The lowest BCUT2D eigenvalue weighted by Crippen LogP contribution is -1.99. The number of nitrogens with two attached hydrogens (primary N) is 1. The maximum Gasteiger partial charge on any atom is 0.371 e. The van der Waals surface area contributed by atoms with E-state index in [9.17, 15) is 4.79 Å². The molecule has 2 aromatic rings. The smallest absolute Gasteiger partial charge is 0.371 e. The zero-order valence-electron chi connectivity index (χ0n) is 8.69. The van der Waals surface area contributed by atoms with Crippen LogP contribution in [0.15, 0.2) is 22.6 Å². The van der Waals surface area contributed by atoms with E-state index in [1.54, 1.807) is 12.1 Å². The van der Waals surface area contributed by atoms with E-state index in [-0.39, 0.29) is 5.76 Å². The Balaban J connectivity index is 2.71. The van der Waals surface area contributed by atoms with Crippen LogP contribution < -0.4 is 10.5 Å². The largest absolute Gasteiger partial charge is 0.496 e. The van der Waals surface area contributed by atoms with Crippen LogP contribution in [-0.4, -0.2) is 18.2 Å². The van der Waals surface area contributed by atoms with Crippen LogP contribution in [0.1, 0.15) is 16.1 Å². The topological polar surface area (TPSA) is 85.7 Å². The summed E-state index contributed by atoms with van der Waals surface area (Å²) in [7, 11) is 1.52. The molecule has 0 unspecified atom stereocenters. The van der Waals surface area contributed by atoms with Crippen molar-refractivity contribution in [1.82, 2.24) is 0 Å². The number of hydrogen-bond acceptors (Lipinski definition) is 4. The monoisotopic (exact) mass is 221 g/mol. The van der Waals surface area contributed by atoms with Crippen LogP contribution in [-0.2, 0) is 6.54 Å². The number of methoxy groups -OCH3 is 1. The summed E-state index contributed by atoms with van der Waals surface area (Å²) in [5.41, 5.74) is 6.85. The van der Waals surface area contributed by atoms with Gasteiger partial charge in [0.15, 0.2) is 0 Å². The molecule has 84 valence electrons. The molecule has 0 saturated heterocycles. The average Bonchev–Trinajstić information content (AvgIpc) is 2.71. The number of carbonyl (C=O) groups is 1. The van der Waals surface area contributed by atoms with Gasteiger partial charge in [-0.05, 0) is 6.07 Å². The maximum atomic E-state index is 10.8. The van der Waals surface area contributed by atoms with Gasteiger partial charge in [0.25, 0.3) is 0 Å². The Hall–Kier alpha value is -2.01. The second-order valence-corrected chi connectivity index (χ2v) is 3.29. The molecule has 5 nitrogen and oxygen atoms in total. The molecule has 0 amide bonds. The Bertz CT molecular complexity index is 544. The summed E-state index contributed by atoms with van der Waals surface area (Å²) in [6, 6.07) is 4.89. The third-order valence-corrected chi connectivity index (χ3v) is 2.37. The molecule has 0 fully saturated rings. The Kier molecular flexibility index (Phi) is 2.54. The Morgan fingerprint density at radius 1 is 1.56 bits per heavy atom. The van der Waals surface area contributed by atoms with Gasteiger partial charge in [0.1, 0.15) is 11.3 Å². The van der Waals surface area contributed by atoms with E-state index in [2.05, 4.69) is 0 Å². The lowest BCUT2D eigenvalue weighted by molar-refractivity contribution is 0.0665. The molecule has 1 aromatic heterocycles. The zero-order chi connectivity index (χ0) is 11.7. The fourth-order valence-corrected chi connectivity index (χ4v) is 1.64. The highest BCUT2D eigenvalue weighted by Crippen LogP contribution is 2.32. The number of ether oxygens (including phenoxy) is 1. The molecule has 0 radical (unpaired) electrons. The summed E-state index contributed by atoms with van der Waals surface area (Å²) in [4.78, 5) is 10.8. The molecule has 0 atom stereocenters. The first-order valence-electron chi connectivity index (χ1n) is 4.70. The molecule has 5 heteroatoms. The van der Waals surface area contributed by atoms with Crippen molar-refractivity contribution in [2.45, 2.75) is 6.54 Å². The molecule has 0 saturated carbocycles. The van der Waals surface area contributed by atoms with Crippen LogP contribution in [0, 0.1) is 0 Å². The number of hydrogen-bond donors (Lipinski definition) is 2. The standard InChI is InChI=1S/C11H11NO4/c1-15-10-6(5-12)2-3-8-7(10)4-9(16-8)11(13)14/h2-4H,5,12H2,1H3,(H,13,14). The highest BCUT2D eigenvalue weighted by molar-refractivity contribution is 5.94. The van der Waals surface area contributed by atoms with E-state index >= 15 is 0 Å². The minimum Gasteiger partial charge on any atom is -0.496 e. The van der Waals surface area contributed by atoms with Crippen LogP contribution in [0.2, 0.25) is 0 Å². The van der Waals surface area contributed by atoms with Crippen molar-refractivity contribution in [3.05, 3.63) is 29.5 Å². The lowest BCUT2D eigenvalue weighted by Gasteiger charge is -2.06. The molecule has 0 aliphatic carbocycles. The summed E-state index contributed by atoms with van der Waals surface area (Å²) >= 11 is 0. The van der Waals surface area contributed by atoms with Gasteiger partial charge in [-0.15, -0.1) is 0 Å². The first-order chi connectivity index (χ1) is 7.67. The number of fused-ring (bicyclic) bond motifs is 1. The molecule has 0 bridgehead atoms. The van der Waals surface area contributed by atoms with E-state index in [1.807, 2.05) is 0 Å². The molecule has 16 heavy (non-hydrogen) atoms. The first-order valence-corrected chi connectivity index (χ1v) is 4.70. The Morgan fingerprint density at radius 3 is 2.88 bits per heavy atom. The third kappa shape index (κ3) is 1.51. The van der Waals surface area contributed by atoms with Gasteiger partial charge in [0, 0.05) is 18.2 Å². The number of furan rings is 1. The molecular formula is C11H11NO4. The first kappa shape index (κ1) is 10.5. The van der Waals surface area contributed by atoms with Crippen LogP contribution in [0.25, 0.3) is 11.0 Å². The van der Waals surface area contributed by atoms with Gasteiger partial charge in [-0.3, -0.25) is 0 Å². The number of aromatic carboxylic acids is 1. The van der Waals surface area contributed by atoms with Crippen molar-refractivity contribution in [2.75, 3.05) is 7.11 Å². The van der Waals surface area contributed by atoms with E-state index in [0.717, 1.165) is 5.56 Å². The molecular weight excluding hydrogens is 210 g/mol. The van der Waals surface area contributed by atoms with Crippen LogP contribution in [0.4, 0.5) is 0 Å². The average molecular weight is 221 g/mol. The highest BCUT2D eigenvalue weighted by Gasteiger charge is 2.15. The van der Waals surface area contributed by atoms with E-state index < -0.39 is 5.97 Å². The summed E-state index contributed by atoms with van der Waals surface area (Å²) in [5.74, 6) is -0.647. The van der Waals surface area contributed by atoms with Crippen LogP contribution >= 0.6 is 0 Å². The van der Waals surface area contributed by atoms with Gasteiger partial charge in [-0.1, -0.05) is 6.07 Å². The number of carboxylic acids is 1. The molecule has 0 aliphatic heterocycles. The van der Waals surface area contributed by atoms with Gasteiger partial charge in [0.2, 0.25) is 5.76 Å². The summed E-state index contributed by atoms with van der Waals surface area (Å²) in [5, 5.41) is 9.44. The second kappa shape index (κ2) is 3.86. The summed E-state index contributed by atoms with van der Waals surface area (Å²) < 4.78 is 10.4. The van der Waals surface area contributed by atoms with Gasteiger partial charge in [-0.25, -0.2) is 4.79 Å². The molecule has 2 rings (SSSR count). The molecule has 0 spiro atoms. The minimum absolute atomic E-state index is 0.109. The fourth-order valence-electron chi connectivity index (χ4n) is 1.64. The van der Waals surface area contributed by atoms with E-state index in [4.69, 9.17) is 20.0 Å². The van der Waals surface area contributed by atoms with Crippen LogP contribution in [0.3, 0.4) is 0 Å². The van der Waals surface area contributed by atoms with Gasteiger partial charge >= 0.3 is 5.97 Å². The summed E-state index contributed by atoms with van der Waals surface area (Å²) in [6.07, 6.45) is 0. The van der Waals surface area contributed by atoms with Gasteiger partial charge < -0.3 is 20.0 Å². The zero-order valence-corrected chi connectivity index (χ0v) is 8.69. The van der Waals surface area contributed by atoms with E-state index in [1.165, 1.54) is 13.2 Å². The molecule has 0 aliphatic rings. The fraction of sp³-hybridized carbons (Fsp3) is 0.182. The SMILES string of the molecule is COc1c(CN)ccc2oc(C(=O)O)cc12. The Labute approximate surface area is 91.4 Å². The van der Waals surface area contributed by atoms with Crippen LogP contribution in [0.5, 0.6) is 5.75 Å². The van der Waals surface area contributed by atoms with Crippen molar-refractivity contribution >= 4 is 16.9 Å². The molecule has 1 heterocycles. The van der Waals surface area contributed by atoms with Crippen molar-refractivity contribution in [1.29, 1.82) is 0 Å². The predicted molar refractivity (Wildman–Crippen MR) is 57.6 cm³/mol. The molecule has 3 N–H and O–H groups in total. The van der Waals surface area contributed by atoms with Gasteiger partial charge in [-0.2, -0.15) is 0 Å². The normalized spacial score (nSPS) is 10.6. The predicted octanol–water partition coefficient (Wildman–Crippen LogP) is 1.60. The number of rotatable bonds is 3. The molecule has 1 aromatic carbocycles. The van der Waals surface area contributed by atoms with E-state index in [0.29, 0.717) is 23.3 Å². The van der Waals surface area contributed by atoms with Gasteiger partial charge in [0.05, 0.1) is 12.5 Å².